The van der Waals surface area contributed by atoms with Crippen molar-refractivity contribution in [1.29, 1.82) is 0 Å². The largest absolute Gasteiger partial charge is 0.381 e. The molecule has 0 amide bonds. The number of hydrogen-bond acceptors (Lipinski definition) is 3. The summed E-state index contributed by atoms with van der Waals surface area (Å²) in [6.07, 6.45) is 5.39. The molecule has 0 aliphatic carbocycles. The minimum Gasteiger partial charge on any atom is -0.381 e. The van der Waals surface area contributed by atoms with Gasteiger partial charge in [-0.15, -0.1) is 0 Å². The summed E-state index contributed by atoms with van der Waals surface area (Å²) in [7, 11) is 0. The van der Waals surface area contributed by atoms with Crippen LogP contribution in [0.25, 0.3) is 0 Å². The number of halogens is 1. The first-order valence-corrected chi connectivity index (χ1v) is 6.18. The summed E-state index contributed by atoms with van der Waals surface area (Å²) in [6, 6.07) is 1.68. The van der Waals surface area contributed by atoms with Gasteiger partial charge in [0, 0.05) is 18.3 Å². The minimum atomic E-state index is -0.287. The van der Waals surface area contributed by atoms with Gasteiger partial charge in [-0.3, -0.25) is 9.88 Å². The fraction of sp³-hybridized carbons (Fsp3) is 0.615. The summed E-state index contributed by atoms with van der Waals surface area (Å²) in [6.45, 7) is 7.43. The molecule has 1 fully saturated rings. The smallest absolute Gasteiger partial charge is 0.164 e. The number of nitrogens with one attached hydrogen (secondary N) is 1. The molecule has 0 saturated carbocycles. The Kier molecular flexibility index (Phi) is 3.62. The van der Waals surface area contributed by atoms with Gasteiger partial charge in [-0.25, -0.2) is 4.39 Å². The van der Waals surface area contributed by atoms with Gasteiger partial charge in [0.05, 0.1) is 11.9 Å². The second kappa shape index (κ2) is 5.00. The third-order valence-electron chi connectivity index (χ3n) is 3.45. The zero-order valence-electron chi connectivity index (χ0n) is 10.5. The Hall–Kier alpha value is -1.16. The highest BCUT2D eigenvalue weighted by atomic mass is 19.1. The average molecular weight is 237 g/mol. The number of anilines is 1. The monoisotopic (exact) mass is 237 g/mol. The fourth-order valence-corrected chi connectivity index (χ4v) is 2.26. The van der Waals surface area contributed by atoms with Crippen LogP contribution in [0.2, 0.25) is 0 Å². The van der Waals surface area contributed by atoms with E-state index in [0.717, 1.165) is 19.6 Å². The lowest BCUT2D eigenvalue weighted by Crippen LogP contribution is -2.47. The summed E-state index contributed by atoms with van der Waals surface area (Å²) < 4.78 is 13.4. The first-order chi connectivity index (χ1) is 8.09. The van der Waals surface area contributed by atoms with Crippen molar-refractivity contribution < 1.29 is 4.39 Å². The molecule has 2 rings (SSSR count). The van der Waals surface area contributed by atoms with Crippen LogP contribution in [0.4, 0.5) is 10.1 Å². The molecule has 2 heterocycles. The van der Waals surface area contributed by atoms with Crippen molar-refractivity contribution in [3.8, 4) is 0 Å². The van der Waals surface area contributed by atoms with Crippen molar-refractivity contribution in [2.75, 3.05) is 25.0 Å². The molecule has 1 N–H and O–H groups in total. The maximum absolute atomic E-state index is 13.4. The molecule has 1 aromatic rings. The number of hydrogen-bond donors (Lipinski definition) is 1. The average Bonchev–Trinajstić information content (AvgIpc) is 2.82. The SMILES string of the molecule is CC(C)(CNc1ccncc1F)N1CCCC1. The van der Waals surface area contributed by atoms with Crippen LogP contribution in [0.1, 0.15) is 26.7 Å². The maximum atomic E-state index is 13.4. The van der Waals surface area contributed by atoms with Crippen LogP contribution in [0.5, 0.6) is 0 Å². The summed E-state index contributed by atoms with van der Waals surface area (Å²) in [5, 5.41) is 3.17. The van der Waals surface area contributed by atoms with Crippen molar-refractivity contribution >= 4 is 5.69 Å². The van der Waals surface area contributed by atoms with E-state index in [2.05, 4.69) is 29.0 Å². The van der Waals surface area contributed by atoms with Crippen LogP contribution in [-0.2, 0) is 0 Å². The van der Waals surface area contributed by atoms with Gasteiger partial charge < -0.3 is 5.32 Å². The molecular weight excluding hydrogens is 217 g/mol. The van der Waals surface area contributed by atoms with Gasteiger partial charge in [0.15, 0.2) is 5.82 Å². The van der Waals surface area contributed by atoms with Gasteiger partial charge >= 0.3 is 0 Å². The molecule has 1 saturated heterocycles. The van der Waals surface area contributed by atoms with E-state index in [1.54, 1.807) is 12.3 Å². The highest BCUT2D eigenvalue weighted by molar-refractivity contribution is 5.42. The second-order valence-electron chi connectivity index (χ2n) is 5.22. The van der Waals surface area contributed by atoms with Crippen molar-refractivity contribution in [3.63, 3.8) is 0 Å². The number of likely N-dealkylation sites (tertiary alicyclic amines) is 1. The molecule has 1 aliphatic heterocycles. The third kappa shape index (κ3) is 2.94. The van der Waals surface area contributed by atoms with E-state index in [-0.39, 0.29) is 11.4 Å². The first kappa shape index (κ1) is 12.3. The van der Waals surface area contributed by atoms with E-state index in [9.17, 15) is 4.39 Å². The molecule has 0 bridgehead atoms. The highest BCUT2D eigenvalue weighted by Crippen LogP contribution is 2.22. The Morgan fingerprint density at radius 2 is 2.12 bits per heavy atom. The van der Waals surface area contributed by atoms with E-state index in [1.165, 1.54) is 19.0 Å². The van der Waals surface area contributed by atoms with Gasteiger partial charge in [-0.05, 0) is 45.8 Å². The number of nitrogens with zero attached hydrogens (tertiary/aromatic N) is 2. The summed E-state index contributed by atoms with van der Waals surface area (Å²) in [4.78, 5) is 6.20. The summed E-state index contributed by atoms with van der Waals surface area (Å²) >= 11 is 0. The van der Waals surface area contributed by atoms with Crippen molar-refractivity contribution in [1.82, 2.24) is 9.88 Å². The summed E-state index contributed by atoms with van der Waals surface area (Å²) in [5.74, 6) is -0.287. The lowest BCUT2D eigenvalue weighted by Gasteiger charge is -2.35. The van der Waals surface area contributed by atoms with Crippen molar-refractivity contribution in [2.45, 2.75) is 32.2 Å². The van der Waals surface area contributed by atoms with Gasteiger partial charge in [-0.1, -0.05) is 0 Å². The molecule has 3 nitrogen and oxygen atoms in total. The highest BCUT2D eigenvalue weighted by Gasteiger charge is 2.28. The van der Waals surface area contributed by atoms with Crippen LogP contribution < -0.4 is 5.32 Å². The van der Waals surface area contributed by atoms with Crippen LogP contribution >= 0.6 is 0 Å². The minimum absolute atomic E-state index is 0.0617. The standard InChI is InChI=1S/C13H20FN3/c1-13(2,17-7-3-4-8-17)10-16-12-5-6-15-9-11(12)14/h5-6,9H,3-4,7-8,10H2,1-2H3,(H,15,16). The maximum Gasteiger partial charge on any atom is 0.164 e. The third-order valence-corrected chi connectivity index (χ3v) is 3.45. The first-order valence-electron chi connectivity index (χ1n) is 6.18. The summed E-state index contributed by atoms with van der Waals surface area (Å²) in [5.41, 5.74) is 0.596. The molecule has 0 atom stereocenters. The molecule has 0 aromatic carbocycles. The van der Waals surface area contributed by atoms with E-state index < -0.39 is 0 Å². The number of aromatic nitrogens is 1. The van der Waals surface area contributed by atoms with Gasteiger partial charge in [0.2, 0.25) is 0 Å². The van der Waals surface area contributed by atoms with E-state index in [1.807, 2.05) is 0 Å². The zero-order chi connectivity index (χ0) is 12.3. The Bertz CT molecular complexity index is 373. The quantitative estimate of drug-likeness (QED) is 0.872. The van der Waals surface area contributed by atoms with Crippen molar-refractivity contribution in [2.24, 2.45) is 0 Å². The van der Waals surface area contributed by atoms with Crippen LogP contribution in [0.3, 0.4) is 0 Å². The predicted octanol–water partition coefficient (Wildman–Crippen LogP) is 2.51. The molecule has 17 heavy (non-hydrogen) atoms. The second-order valence-corrected chi connectivity index (χ2v) is 5.22. The Morgan fingerprint density at radius 3 is 2.76 bits per heavy atom. The number of pyridine rings is 1. The zero-order valence-corrected chi connectivity index (χ0v) is 10.5. The predicted molar refractivity (Wildman–Crippen MR) is 67.6 cm³/mol. The fourth-order valence-electron chi connectivity index (χ4n) is 2.26. The van der Waals surface area contributed by atoms with Crippen LogP contribution in [0.15, 0.2) is 18.5 Å². The molecule has 94 valence electrons. The lowest BCUT2D eigenvalue weighted by molar-refractivity contribution is 0.168. The van der Waals surface area contributed by atoms with E-state index >= 15 is 0 Å². The Balaban J connectivity index is 1.95. The van der Waals surface area contributed by atoms with Gasteiger partial charge in [-0.2, -0.15) is 0 Å². The van der Waals surface area contributed by atoms with Crippen LogP contribution in [-0.4, -0.2) is 35.1 Å². The molecular formula is C13H20FN3. The molecule has 1 aromatic heterocycles. The molecule has 4 heteroatoms. The lowest BCUT2D eigenvalue weighted by atomic mass is 10.0. The van der Waals surface area contributed by atoms with E-state index in [0.29, 0.717) is 5.69 Å². The molecule has 0 radical (unpaired) electrons. The normalized spacial score (nSPS) is 17.4. The van der Waals surface area contributed by atoms with E-state index in [4.69, 9.17) is 0 Å². The van der Waals surface area contributed by atoms with Crippen LogP contribution in [0, 0.1) is 5.82 Å². The Morgan fingerprint density at radius 1 is 1.41 bits per heavy atom. The topological polar surface area (TPSA) is 28.2 Å². The Labute approximate surface area is 102 Å². The van der Waals surface area contributed by atoms with Crippen molar-refractivity contribution in [3.05, 3.63) is 24.3 Å². The molecule has 0 unspecified atom stereocenters. The molecule has 0 spiro atoms. The number of rotatable bonds is 4. The van der Waals surface area contributed by atoms with Gasteiger partial charge in [0.1, 0.15) is 0 Å². The van der Waals surface area contributed by atoms with Gasteiger partial charge in [0.25, 0.3) is 0 Å². The molecule has 1 aliphatic rings.